The maximum absolute atomic E-state index is 11.4. The molecule has 0 aromatic heterocycles. The van der Waals surface area contributed by atoms with Gasteiger partial charge in [0.1, 0.15) is 12.1 Å². The Balaban J connectivity index is 4.15. The Labute approximate surface area is 85.7 Å². The highest BCUT2D eigenvalue weighted by Gasteiger charge is 2.18. The second-order valence-electron chi connectivity index (χ2n) is 3.26. The number of nitrogens with one attached hydrogen (secondary N) is 1. The van der Waals surface area contributed by atoms with E-state index >= 15 is 0 Å². The average molecular weight is 200 g/mol. The third-order valence-electron chi connectivity index (χ3n) is 2.32. The summed E-state index contributed by atoms with van der Waals surface area (Å²) in [5, 5.41) is 3.00. The third-order valence-corrected chi connectivity index (χ3v) is 2.32. The molecule has 0 aromatic rings. The molecule has 0 fully saturated rings. The number of hydrogen-bond acceptors (Lipinski definition) is 4. The van der Waals surface area contributed by atoms with Gasteiger partial charge in [0.25, 0.3) is 0 Å². The standard InChI is InChI=1S/C10H20N2O2/c1-4-10(14)9(2)12(7-8-13)6-5-11-3/h8-9,11H,4-7H2,1-3H3. The smallest absolute Gasteiger partial charge is 0.149 e. The lowest BCUT2D eigenvalue weighted by atomic mass is 10.1. The van der Waals surface area contributed by atoms with Gasteiger partial charge in [0, 0.05) is 19.5 Å². The molecule has 0 saturated carbocycles. The van der Waals surface area contributed by atoms with Crippen molar-refractivity contribution in [2.75, 3.05) is 26.7 Å². The predicted octanol–water partition coefficient (Wildman–Crippen LogP) is 0.0743. The topological polar surface area (TPSA) is 49.4 Å². The molecule has 0 aliphatic heterocycles. The predicted molar refractivity (Wildman–Crippen MR) is 56.3 cm³/mol. The van der Waals surface area contributed by atoms with Crippen LogP contribution in [0.1, 0.15) is 20.3 Å². The van der Waals surface area contributed by atoms with Gasteiger partial charge in [-0.15, -0.1) is 0 Å². The summed E-state index contributed by atoms with van der Waals surface area (Å²) in [5.74, 6) is 0.183. The molecule has 1 unspecified atom stereocenters. The molecule has 1 N–H and O–H groups in total. The SMILES string of the molecule is CCC(=O)C(C)N(CC=O)CCNC. The van der Waals surface area contributed by atoms with Gasteiger partial charge in [0.15, 0.2) is 0 Å². The van der Waals surface area contributed by atoms with E-state index in [-0.39, 0.29) is 11.8 Å². The van der Waals surface area contributed by atoms with Crippen molar-refractivity contribution in [2.45, 2.75) is 26.3 Å². The van der Waals surface area contributed by atoms with E-state index < -0.39 is 0 Å². The summed E-state index contributed by atoms with van der Waals surface area (Å²) in [6.45, 7) is 5.53. The Bertz CT molecular complexity index is 183. The highest BCUT2D eigenvalue weighted by atomic mass is 16.1. The fourth-order valence-corrected chi connectivity index (χ4v) is 1.29. The lowest BCUT2D eigenvalue weighted by molar-refractivity contribution is -0.124. The number of hydrogen-bond donors (Lipinski definition) is 1. The van der Waals surface area contributed by atoms with E-state index in [0.717, 1.165) is 19.4 Å². The highest BCUT2D eigenvalue weighted by Crippen LogP contribution is 2.01. The van der Waals surface area contributed by atoms with Crippen molar-refractivity contribution in [2.24, 2.45) is 0 Å². The number of ketones is 1. The van der Waals surface area contributed by atoms with Crippen molar-refractivity contribution in [1.29, 1.82) is 0 Å². The molecule has 4 heteroatoms. The zero-order valence-corrected chi connectivity index (χ0v) is 9.25. The number of rotatable bonds is 8. The van der Waals surface area contributed by atoms with Gasteiger partial charge in [0.05, 0.1) is 12.6 Å². The van der Waals surface area contributed by atoms with Crippen molar-refractivity contribution >= 4 is 12.1 Å². The molecule has 0 spiro atoms. The van der Waals surface area contributed by atoms with Gasteiger partial charge in [-0.2, -0.15) is 0 Å². The first kappa shape index (κ1) is 13.3. The van der Waals surface area contributed by atoms with E-state index in [9.17, 15) is 9.59 Å². The lowest BCUT2D eigenvalue weighted by Gasteiger charge is -2.25. The van der Waals surface area contributed by atoms with Crippen LogP contribution in [0.2, 0.25) is 0 Å². The number of carbonyl (C=O) groups excluding carboxylic acids is 2. The molecular formula is C10H20N2O2. The van der Waals surface area contributed by atoms with Crippen LogP contribution in [0.3, 0.4) is 0 Å². The Morgan fingerprint density at radius 3 is 2.64 bits per heavy atom. The third kappa shape index (κ3) is 4.48. The van der Waals surface area contributed by atoms with E-state index in [4.69, 9.17) is 0 Å². The summed E-state index contributed by atoms with van der Waals surface area (Å²) in [6, 6.07) is -0.154. The van der Waals surface area contributed by atoms with Crippen LogP contribution in [0.5, 0.6) is 0 Å². The zero-order valence-electron chi connectivity index (χ0n) is 9.25. The molecule has 4 nitrogen and oxygen atoms in total. The number of likely N-dealkylation sites (N-methyl/N-ethyl adjacent to an activating group) is 1. The van der Waals surface area contributed by atoms with Gasteiger partial charge in [-0.25, -0.2) is 0 Å². The summed E-state index contributed by atoms with van der Waals surface area (Å²) < 4.78 is 0. The van der Waals surface area contributed by atoms with Crippen molar-refractivity contribution < 1.29 is 9.59 Å². The summed E-state index contributed by atoms with van der Waals surface area (Å²) >= 11 is 0. The van der Waals surface area contributed by atoms with Crippen LogP contribution >= 0.6 is 0 Å². The molecule has 0 amide bonds. The summed E-state index contributed by atoms with van der Waals surface area (Å²) in [6.07, 6.45) is 1.37. The first-order valence-corrected chi connectivity index (χ1v) is 5.02. The lowest BCUT2D eigenvalue weighted by Crippen LogP contribution is -2.43. The minimum atomic E-state index is -0.154. The first-order valence-electron chi connectivity index (χ1n) is 5.02. The Morgan fingerprint density at radius 1 is 1.57 bits per heavy atom. The molecule has 14 heavy (non-hydrogen) atoms. The molecule has 1 atom stereocenters. The van der Waals surface area contributed by atoms with Crippen LogP contribution in [-0.4, -0.2) is 49.7 Å². The maximum atomic E-state index is 11.4. The largest absolute Gasteiger partial charge is 0.318 e. The van der Waals surface area contributed by atoms with Crippen LogP contribution in [0.15, 0.2) is 0 Å². The van der Waals surface area contributed by atoms with Crippen molar-refractivity contribution in [1.82, 2.24) is 10.2 Å². The minimum Gasteiger partial charge on any atom is -0.318 e. The second-order valence-corrected chi connectivity index (χ2v) is 3.26. The minimum absolute atomic E-state index is 0.154. The zero-order chi connectivity index (χ0) is 11.0. The van der Waals surface area contributed by atoms with Gasteiger partial charge in [-0.1, -0.05) is 6.92 Å². The highest BCUT2D eigenvalue weighted by molar-refractivity contribution is 5.83. The maximum Gasteiger partial charge on any atom is 0.149 e. The van der Waals surface area contributed by atoms with Crippen LogP contribution in [0.4, 0.5) is 0 Å². The molecule has 0 aromatic carbocycles. The number of Topliss-reactive ketones (excluding diaryl/α,β-unsaturated/α-hetero) is 1. The van der Waals surface area contributed by atoms with E-state index in [0.29, 0.717) is 13.0 Å². The molecule has 0 rings (SSSR count). The second kappa shape index (κ2) is 7.64. The van der Waals surface area contributed by atoms with Gasteiger partial charge in [0.2, 0.25) is 0 Å². The fraction of sp³-hybridized carbons (Fsp3) is 0.800. The van der Waals surface area contributed by atoms with Gasteiger partial charge >= 0.3 is 0 Å². The van der Waals surface area contributed by atoms with Crippen LogP contribution in [0.25, 0.3) is 0 Å². The Hall–Kier alpha value is -0.740. The number of carbonyl (C=O) groups is 2. The van der Waals surface area contributed by atoms with E-state index in [1.54, 1.807) is 0 Å². The van der Waals surface area contributed by atoms with Crippen molar-refractivity contribution in [3.8, 4) is 0 Å². The molecular weight excluding hydrogens is 180 g/mol. The van der Waals surface area contributed by atoms with E-state index in [1.165, 1.54) is 0 Å². The summed E-state index contributed by atoms with van der Waals surface area (Å²) in [7, 11) is 1.85. The molecule has 0 aliphatic rings. The molecule has 0 bridgehead atoms. The van der Waals surface area contributed by atoms with Crippen LogP contribution in [-0.2, 0) is 9.59 Å². The van der Waals surface area contributed by atoms with Crippen molar-refractivity contribution in [3.05, 3.63) is 0 Å². The van der Waals surface area contributed by atoms with Crippen LogP contribution < -0.4 is 5.32 Å². The van der Waals surface area contributed by atoms with Gasteiger partial charge in [-0.05, 0) is 14.0 Å². The molecule has 0 heterocycles. The molecule has 82 valence electrons. The first-order chi connectivity index (χ1) is 6.67. The van der Waals surface area contributed by atoms with Crippen LogP contribution in [0, 0.1) is 0 Å². The number of nitrogens with zero attached hydrogens (tertiary/aromatic N) is 1. The monoisotopic (exact) mass is 200 g/mol. The van der Waals surface area contributed by atoms with Gasteiger partial charge < -0.3 is 10.1 Å². The Morgan fingerprint density at radius 2 is 2.21 bits per heavy atom. The fourth-order valence-electron chi connectivity index (χ4n) is 1.29. The average Bonchev–Trinajstić information content (AvgIpc) is 2.22. The summed E-state index contributed by atoms with van der Waals surface area (Å²) in [4.78, 5) is 23.7. The quantitative estimate of drug-likeness (QED) is 0.563. The van der Waals surface area contributed by atoms with Crippen molar-refractivity contribution in [3.63, 3.8) is 0 Å². The normalized spacial score (nSPS) is 12.9. The van der Waals surface area contributed by atoms with E-state index in [2.05, 4.69) is 5.32 Å². The van der Waals surface area contributed by atoms with E-state index in [1.807, 2.05) is 25.8 Å². The summed E-state index contributed by atoms with van der Waals surface area (Å²) in [5.41, 5.74) is 0. The Kier molecular flexibility index (Phi) is 7.24. The molecule has 0 radical (unpaired) electrons. The number of aldehydes is 1. The molecule has 0 aliphatic carbocycles. The van der Waals surface area contributed by atoms with Gasteiger partial charge in [-0.3, -0.25) is 9.69 Å². The molecule has 0 saturated heterocycles.